The van der Waals surface area contributed by atoms with Crippen molar-refractivity contribution in [3.05, 3.63) is 60.2 Å². The third kappa shape index (κ3) is 5.69. The van der Waals surface area contributed by atoms with Crippen molar-refractivity contribution < 1.29 is 9.53 Å². The van der Waals surface area contributed by atoms with E-state index in [0.29, 0.717) is 11.4 Å². The minimum absolute atomic E-state index is 0.166. The average Bonchev–Trinajstić information content (AvgIpc) is 2.61. The van der Waals surface area contributed by atoms with E-state index < -0.39 is 11.9 Å². The van der Waals surface area contributed by atoms with Crippen molar-refractivity contribution in [2.45, 2.75) is 6.61 Å². The molecular formula is C17H16N6O2. The molecule has 5 N–H and O–H groups in total. The summed E-state index contributed by atoms with van der Waals surface area (Å²) in [5.41, 5.74) is 9.45. The van der Waals surface area contributed by atoms with Crippen LogP contribution in [0.5, 0.6) is 0 Å². The summed E-state index contributed by atoms with van der Waals surface area (Å²) < 4.78 is 5.13. The summed E-state index contributed by atoms with van der Waals surface area (Å²) in [4.78, 5) is 11.8. The number of nitriles is 1. The maximum absolute atomic E-state index is 11.8. The van der Waals surface area contributed by atoms with E-state index in [9.17, 15) is 4.79 Å². The normalized spacial score (nSPS) is 10.4. The van der Waals surface area contributed by atoms with Crippen molar-refractivity contribution in [2.24, 2.45) is 10.8 Å². The summed E-state index contributed by atoms with van der Waals surface area (Å²) in [6.45, 7) is 0.166. The zero-order chi connectivity index (χ0) is 18.1. The lowest BCUT2D eigenvalue weighted by molar-refractivity contribution is 0.155. The van der Waals surface area contributed by atoms with Crippen LogP contribution in [0.15, 0.2) is 59.7 Å². The molecule has 2 rings (SSSR count). The number of nitrogens with zero attached hydrogens (tertiary/aromatic N) is 2. The number of ether oxygens (including phenoxy) is 1. The second-order valence-corrected chi connectivity index (χ2v) is 4.87. The van der Waals surface area contributed by atoms with Crippen molar-refractivity contribution in [2.75, 3.05) is 10.7 Å². The third-order valence-corrected chi connectivity index (χ3v) is 2.98. The number of nitrogens with two attached hydrogens (primary N) is 1. The number of amidine groups is 1. The molecule has 126 valence electrons. The van der Waals surface area contributed by atoms with E-state index in [1.165, 1.54) is 0 Å². The Morgan fingerprint density at radius 2 is 1.92 bits per heavy atom. The highest BCUT2D eigenvalue weighted by Gasteiger charge is 2.05. The Kier molecular flexibility index (Phi) is 6.08. The van der Waals surface area contributed by atoms with E-state index >= 15 is 0 Å². The number of rotatable bonds is 6. The molecule has 0 fully saturated rings. The molecule has 0 aliphatic heterocycles. The van der Waals surface area contributed by atoms with E-state index in [1.807, 2.05) is 30.3 Å². The van der Waals surface area contributed by atoms with Gasteiger partial charge in [0.1, 0.15) is 12.7 Å². The zero-order valence-corrected chi connectivity index (χ0v) is 13.2. The Hall–Kier alpha value is -3.86. The van der Waals surface area contributed by atoms with Crippen LogP contribution in [0.1, 0.15) is 5.56 Å². The first-order valence-corrected chi connectivity index (χ1v) is 7.24. The monoisotopic (exact) mass is 336 g/mol. The highest BCUT2D eigenvalue weighted by atomic mass is 16.5. The number of hydrogen-bond donors (Lipinski definition) is 4. The first-order valence-electron chi connectivity index (χ1n) is 7.24. The number of hydrogen-bond acceptors (Lipinski definition) is 6. The van der Waals surface area contributed by atoms with Gasteiger partial charge in [0.2, 0.25) is 5.71 Å². The van der Waals surface area contributed by atoms with Gasteiger partial charge in [0, 0.05) is 5.69 Å². The SMILES string of the molecule is N#C/C(=N\Nc1cccc(NC(=O)OCc2ccccc2)c1)C(=N)N. The van der Waals surface area contributed by atoms with Crippen LogP contribution in [-0.4, -0.2) is 17.6 Å². The summed E-state index contributed by atoms with van der Waals surface area (Å²) in [6.07, 6.45) is -0.592. The Morgan fingerprint density at radius 1 is 1.20 bits per heavy atom. The Labute approximate surface area is 144 Å². The van der Waals surface area contributed by atoms with Crippen LogP contribution in [0.3, 0.4) is 0 Å². The number of hydrazone groups is 1. The van der Waals surface area contributed by atoms with Crippen LogP contribution in [-0.2, 0) is 11.3 Å². The number of nitrogens with one attached hydrogen (secondary N) is 3. The van der Waals surface area contributed by atoms with Gasteiger partial charge in [0.05, 0.1) is 5.69 Å². The second-order valence-electron chi connectivity index (χ2n) is 4.87. The summed E-state index contributed by atoms with van der Waals surface area (Å²) in [5.74, 6) is -0.436. The van der Waals surface area contributed by atoms with Crippen LogP contribution >= 0.6 is 0 Å². The van der Waals surface area contributed by atoms with Crippen molar-refractivity contribution >= 4 is 29.0 Å². The lowest BCUT2D eigenvalue weighted by Crippen LogP contribution is -2.21. The number of amides is 1. The molecule has 0 saturated heterocycles. The van der Waals surface area contributed by atoms with Crippen LogP contribution in [0.4, 0.5) is 16.2 Å². The van der Waals surface area contributed by atoms with Gasteiger partial charge in [-0.3, -0.25) is 16.2 Å². The van der Waals surface area contributed by atoms with E-state index in [2.05, 4.69) is 15.8 Å². The van der Waals surface area contributed by atoms with Crippen LogP contribution in [0, 0.1) is 16.7 Å². The second kappa shape index (κ2) is 8.69. The lowest BCUT2D eigenvalue weighted by Gasteiger charge is -2.08. The van der Waals surface area contributed by atoms with Gasteiger partial charge in [-0.05, 0) is 23.8 Å². The van der Waals surface area contributed by atoms with Crippen molar-refractivity contribution in [1.82, 2.24) is 0 Å². The van der Waals surface area contributed by atoms with Crippen molar-refractivity contribution in [1.29, 1.82) is 10.7 Å². The summed E-state index contributed by atoms with van der Waals surface area (Å²) in [6, 6.07) is 17.7. The summed E-state index contributed by atoms with van der Waals surface area (Å²) in [7, 11) is 0. The van der Waals surface area contributed by atoms with Gasteiger partial charge < -0.3 is 10.5 Å². The Balaban J connectivity index is 1.93. The fourth-order valence-electron chi connectivity index (χ4n) is 1.81. The predicted molar refractivity (Wildman–Crippen MR) is 95.3 cm³/mol. The molecule has 0 atom stereocenters. The lowest BCUT2D eigenvalue weighted by atomic mass is 10.2. The number of carbonyl (C=O) groups excluding carboxylic acids is 1. The standard InChI is InChI=1S/C17H16N6O2/c18-10-15(16(19)20)23-22-14-8-4-7-13(9-14)21-17(24)25-11-12-5-2-1-3-6-12/h1-9,22H,11H2,(H3,19,20)(H,21,24)/b23-15+. The molecule has 0 aliphatic carbocycles. The molecule has 2 aromatic carbocycles. The molecule has 0 aliphatic rings. The van der Waals surface area contributed by atoms with Crippen molar-refractivity contribution in [3.63, 3.8) is 0 Å². The molecule has 0 spiro atoms. The molecule has 0 radical (unpaired) electrons. The number of benzene rings is 2. The summed E-state index contributed by atoms with van der Waals surface area (Å²) in [5, 5.41) is 22.3. The maximum atomic E-state index is 11.8. The molecule has 8 heteroatoms. The summed E-state index contributed by atoms with van der Waals surface area (Å²) >= 11 is 0. The molecule has 0 saturated carbocycles. The predicted octanol–water partition coefficient (Wildman–Crippen LogP) is 2.66. The molecule has 2 aromatic rings. The van der Waals surface area contributed by atoms with Crippen molar-refractivity contribution in [3.8, 4) is 6.07 Å². The fraction of sp³-hybridized carbons (Fsp3) is 0.0588. The van der Waals surface area contributed by atoms with Gasteiger partial charge in [-0.15, -0.1) is 0 Å². The Morgan fingerprint density at radius 3 is 2.60 bits per heavy atom. The van der Waals surface area contributed by atoms with Crippen LogP contribution in [0.25, 0.3) is 0 Å². The van der Waals surface area contributed by atoms with Gasteiger partial charge >= 0.3 is 6.09 Å². The largest absolute Gasteiger partial charge is 0.444 e. The number of carbonyl (C=O) groups is 1. The average molecular weight is 336 g/mol. The molecule has 8 nitrogen and oxygen atoms in total. The zero-order valence-electron chi connectivity index (χ0n) is 13.2. The Bertz CT molecular complexity index is 827. The van der Waals surface area contributed by atoms with Crippen LogP contribution in [0.2, 0.25) is 0 Å². The minimum atomic E-state index is -0.592. The fourth-order valence-corrected chi connectivity index (χ4v) is 1.81. The molecule has 0 unspecified atom stereocenters. The molecule has 25 heavy (non-hydrogen) atoms. The third-order valence-electron chi connectivity index (χ3n) is 2.98. The van der Waals surface area contributed by atoms with Gasteiger partial charge in [-0.2, -0.15) is 10.4 Å². The van der Waals surface area contributed by atoms with E-state index in [-0.39, 0.29) is 12.3 Å². The molecule has 0 bridgehead atoms. The van der Waals surface area contributed by atoms with Crippen LogP contribution < -0.4 is 16.5 Å². The highest BCUT2D eigenvalue weighted by molar-refractivity contribution is 6.45. The van der Waals surface area contributed by atoms with Gasteiger partial charge in [0.15, 0.2) is 5.84 Å². The topological polar surface area (TPSA) is 136 Å². The van der Waals surface area contributed by atoms with E-state index in [0.717, 1.165) is 5.56 Å². The van der Waals surface area contributed by atoms with Gasteiger partial charge in [0.25, 0.3) is 0 Å². The smallest absolute Gasteiger partial charge is 0.411 e. The molecular weight excluding hydrogens is 320 g/mol. The van der Waals surface area contributed by atoms with E-state index in [1.54, 1.807) is 30.3 Å². The molecule has 0 aromatic heterocycles. The molecule has 1 amide bonds. The van der Waals surface area contributed by atoms with E-state index in [4.69, 9.17) is 21.1 Å². The minimum Gasteiger partial charge on any atom is -0.444 e. The molecule has 0 heterocycles. The quantitative estimate of drug-likeness (QED) is 0.365. The van der Waals surface area contributed by atoms with Gasteiger partial charge in [-0.25, -0.2) is 4.79 Å². The van der Waals surface area contributed by atoms with Gasteiger partial charge in [-0.1, -0.05) is 36.4 Å². The first kappa shape index (κ1) is 17.5. The first-order chi connectivity index (χ1) is 12.1. The maximum Gasteiger partial charge on any atom is 0.411 e. The number of anilines is 2. The highest BCUT2D eigenvalue weighted by Crippen LogP contribution is 2.15.